The molecule has 5 heteroatoms. The highest BCUT2D eigenvalue weighted by atomic mass is 127. The van der Waals surface area contributed by atoms with Crippen LogP contribution < -0.4 is 0 Å². The van der Waals surface area contributed by atoms with Crippen molar-refractivity contribution in [1.82, 2.24) is 9.97 Å². The van der Waals surface area contributed by atoms with Gasteiger partial charge in [0.2, 0.25) is 5.28 Å². The molecule has 1 aromatic heterocycles. The van der Waals surface area contributed by atoms with E-state index in [2.05, 4.69) is 9.97 Å². The summed E-state index contributed by atoms with van der Waals surface area (Å²) in [4.78, 5) is 7.19. The lowest BCUT2D eigenvalue weighted by Crippen LogP contribution is -1.84. The number of hydrogen-bond donors (Lipinski definition) is 0. The van der Waals surface area contributed by atoms with Crippen molar-refractivity contribution < 1.29 is 1.37 Å². The van der Waals surface area contributed by atoms with Gasteiger partial charge in [-0.3, -0.25) is 0 Å². The molecule has 0 bridgehead atoms. The second kappa shape index (κ2) is 2.98. The van der Waals surface area contributed by atoms with Crippen molar-refractivity contribution in [2.24, 2.45) is 0 Å². The molecule has 1 heterocycles. The molecular formula is C4HCl2IN2. The summed E-state index contributed by atoms with van der Waals surface area (Å²) in [7, 11) is 0. The number of halogens is 3. The van der Waals surface area contributed by atoms with E-state index in [1.165, 1.54) is 0 Å². The summed E-state index contributed by atoms with van der Waals surface area (Å²) in [5, 5.41) is 0.237. The molecule has 2 nitrogen and oxygen atoms in total. The molecular weight excluding hydrogens is 274 g/mol. The summed E-state index contributed by atoms with van der Waals surface area (Å²) in [5.74, 6) is 0. The second-order valence-corrected chi connectivity index (χ2v) is 2.98. The molecule has 0 aliphatic carbocycles. The van der Waals surface area contributed by atoms with Crippen molar-refractivity contribution in [2.45, 2.75) is 0 Å². The fourth-order valence-electron chi connectivity index (χ4n) is 0.296. The Hall–Kier alpha value is 0.390. The third kappa shape index (κ3) is 1.91. The van der Waals surface area contributed by atoms with E-state index < -0.39 is 0 Å². The first-order chi connectivity index (χ1) is 4.61. The maximum Gasteiger partial charge on any atom is 0.223 e. The normalized spacial score (nSPS) is 11.2. The van der Waals surface area contributed by atoms with Gasteiger partial charge in [0, 0.05) is 6.17 Å². The highest BCUT2D eigenvalue weighted by Crippen LogP contribution is 2.15. The molecule has 0 saturated heterocycles. The molecule has 48 valence electrons. The van der Waals surface area contributed by atoms with Gasteiger partial charge in [-0.25, -0.2) is 9.97 Å². The summed E-state index contributed by atoms with van der Waals surface area (Å²) in [6, 6.07) is 0. The van der Waals surface area contributed by atoms with Crippen LogP contribution in [0.15, 0.2) is 6.17 Å². The highest BCUT2D eigenvalue weighted by Gasteiger charge is 1.97. The van der Waals surface area contributed by atoms with Gasteiger partial charge >= 0.3 is 0 Å². The van der Waals surface area contributed by atoms with Crippen LogP contribution in [-0.4, -0.2) is 9.97 Å². The minimum Gasteiger partial charge on any atom is -0.225 e. The second-order valence-electron chi connectivity index (χ2n) is 1.21. The largest absolute Gasteiger partial charge is 0.225 e. The van der Waals surface area contributed by atoms with Crippen molar-refractivity contribution in [2.75, 3.05) is 0 Å². The predicted molar refractivity (Wildman–Crippen MR) is 44.8 cm³/mol. The van der Waals surface area contributed by atoms with Crippen molar-refractivity contribution in [3.63, 3.8) is 0 Å². The zero-order chi connectivity index (χ0) is 7.72. The van der Waals surface area contributed by atoms with E-state index in [0.717, 1.165) is 0 Å². The predicted octanol–water partition coefficient (Wildman–Crippen LogP) is 2.39. The molecule has 1 rings (SSSR count). The van der Waals surface area contributed by atoms with Crippen LogP contribution in [0.3, 0.4) is 0 Å². The Morgan fingerprint density at radius 1 is 1.67 bits per heavy atom. The van der Waals surface area contributed by atoms with E-state index >= 15 is 0 Å². The van der Waals surface area contributed by atoms with E-state index in [4.69, 9.17) is 24.6 Å². The quantitative estimate of drug-likeness (QED) is 0.413. The van der Waals surface area contributed by atoms with Crippen LogP contribution in [0.4, 0.5) is 0 Å². The van der Waals surface area contributed by atoms with Gasteiger partial charge in [-0.2, -0.15) is 0 Å². The topological polar surface area (TPSA) is 25.8 Å². The lowest BCUT2D eigenvalue weighted by molar-refractivity contribution is 1.15. The van der Waals surface area contributed by atoms with E-state index in [9.17, 15) is 0 Å². The summed E-state index contributed by atoms with van der Waals surface area (Å²) < 4.78 is 7.69. The molecule has 0 saturated carbocycles. The minimum absolute atomic E-state index is 0.00964. The molecule has 0 aliphatic rings. The van der Waals surface area contributed by atoms with Crippen LogP contribution in [-0.2, 0) is 0 Å². The van der Waals surface area contributed by atoms with Crippen LogP contribution >= 0.6 is 45.8 Å². The van der Waals surface area contributed by atoms with Crippen molar-refractivity contribution >= 4 is 45.8 Å². The molecule has 0 unspecified atom stereocenters. The number of nitrogens with zero attached hydrogens (tertiary/aromatic N) is 2. The summed E-state index contributed by atoms with van der Waals surface area (Å²) in [6.07, 6.45) is 0.0607. The smallest absolute Gasteiger partial charge is 0.223 e. The van der Waals surface area contributed by atoms with Crippen LogP contribution in [0.1, 0.15) is 1.37 Å². The lowest BCUT2D eigenvalue weighted by Gasteiger charge is -1.91. The third-order valence-electron chi connectivity index (χ3n) is 0.618. The summed E-state index contributed by atoms with van der Waals surface area (Å²) in [5.41, 5.74) is 0. The average molecular weight is 276 g/mol. The van der Waals surface area contributed by atoms with Gasteiger partial charge in [0.25, 0.3) is 0 Å². The first-order valence-electron chi connectivity index (χ1n) is 2.46. The Bertz CT molecular complexity index is 244. The zero-order valence-electron chi connectivity index (χ0n) is 5.03. The fourth-order valence-corrected chi connectivity index (χ4v) is 0.830. The molecule has 0 atom stereocenters. The first-order valence-corrected chi connectivity index (χ1v) is 3.80. The van der Waals surface area contributed by atoms with Crippen molar-refractivity contribution in [1.29, 1.82) is 0 Å². The SMILES string of the molecule is [2H]c1nc(Cl)nc(Cl)c1I. The van der Waals surface area contributed by atoms with Crippen LogP contribution in [0, 0.1) is 3.57 Å². The van der Waals surface area contributed by atoms with Gasteiger partial charge < -0.3 is 0 Å². The van der Waals surface area contributed by atoms with E-state index in [1.54, 1.807) is 0 Å². The molecule has 0 radical (unpaired) electrons. The van der Waals surface area contributed by atoms with Gasteiger partial charge in [0.15, 0.2) is 0 Å². The molecule has 0 spiro atoms. The zero-order valence-corrected chi connectivity index (χ0v) is 7.70. The highest BCUT2D eigenvalue weighted by molar-refractivity contribution is 14.1. The van der Waals surface area contributed by atoms with Crippen LogP contribution in [0.5, 0.6) is 0 Å². The Balaban J connectivity index is 3.31. The standard InChI is InChI=1S/C4HCl2IN2/c5-3-2(7)1-8-4(6)9-3/h1H/i1D. The van der Waals surface area contributed by atoms with Gasteiger partial charge in [-0.1, -0.05) is 11.6 Å². The minimum atomic E-state index is 0.00964. The van der Waals surface area contributed by atoms with Crippen molar-refractivity contribution in [3.05, 3.63) is 20.2 Å². The average Bonchev–Trinajstić information content (AvgIpc) is 1.82. The van der Waals surface area contributed by atoms with Crippen LogP contribution in [0.2, 0.25) is 10.4 Å². The first kappa shape index (κ1) is 6.12. The Labute approximate surface area is 77.1 Å². The van der Waals surface area contributed by atoms with Crippen LogP contribution in [0.25, 0.3) is 0 Å². The van der Waals surface area contributed by atoms with E-state index in [1.807, 2.05) is 22.6 Å². The molecule has 0 aliphatic heterocycles. The molecule has 1 aromatic rings. The molecule has 0 aromatic carbocycles. The number of aromatic nitrogens is 2. The van der Waals surface area contributed by atoms with Gasteiger partial charge in [0.05, 0.1) is 4.94 Å². The van der Waals surface area contributed by atoms with Crippen molar-refractivity contribution in [3.8, 4) is 0 Å². The van der Waals surface area contributed by atoms with E-state index in [-0.39, 0.29) is 16.6 Å². The van der Waals surface area contributed by atoms with E-state index in [0.29, 0.717) is 3.57 Å². The molecule has 0 amide bonds. The summed E-state index contributed by atoms with van der Waals surface area (Å²) >= 11 is 12.8. The fraction of sp³-hybridized carbons (Fsp3) is 0. The lowest BCUT2D eigenvalue weighted by atomic mass is 10.7. The van der Waals surface area contributed by atoms with Gasteiger partial charge in [-0.05, 0) is 34.2 Å². The van der Waals surface area contributed by atoms with Gasteiger partial charge in [-0.15, -0.1) is 0 Å². The maximum atomic E-state index is 7.17. The molecule has 9 heavy (non-hydrogen) atoms. The monoisotopic (exact) mass is 275 g/mol. The molecule has 0 fully saturated rings. The Morgan fingerprint density at radius 2 is 2.33 bits per heavy atom. The van der Waals surface area contributed by atoms with Gasteiger partial charge in [0.1, 0.15) is 5.15 Å². The third-order valence-corrected chi connectivity index (χ3v) is 2.13. The summed E-state index contributed by atoms with van der Waals surface area (Å²) in [6.45, 7) is 0. The Kier molecular flexibility index (Phi) is 2.03. The maximum absolute atomic E-state index is 7.17. The Morgan fingerprint density at radius 3 is 2.89 bits per heavy atom. The number of rotatable bonds is 0. The molecule has 0 N–H and O–H groups in total. The number of hydrogen-bond acceptors (Lipinski definition) is 2.